The predicted molar refractivity (Wildman–Crippen MR) is 90.6 cm³/mol. The van der Waals surface area contributed by atoms with Crippen LogP contribution < -0.4 is 14.2 Å². The van der Waals surface area contributed by atoms with Crippen molar-refractivity contribution in [3.05, 3.63) is 59.2 Å². The summed E-state index contributed by atoms with van der Waals surface area (Å²) in [5.74, 6) is 1.91. The molecule has 0 N–H and O–H groups in total. The molecule has 0 saturated carbocycles. The Morgan fingerprint density at radius 1 is 0.957 bits per heavy atom. The fraction of sp³-hybridized carbons (Fsp3) is 0.167. The van der Waals surface area contributed by atoms with Gasteiger partial charge in [0.05, 0.1) is 25.1 Å². The van der Waals surface area contributed by atoms with Crippen molar-refractivity contribution in [3.63, 3.8) is 0 Å². The van der Waals surface area contributed by atoms with Crippen molar-refractivity contribution >= 4 is 22.5 Å². The molecule has 0 aliphatic rings. The van der Waals surface area contributed by atoms with Crippen LogP contribution in [0, 0.1) is 0 Å². The Morgan fingerprint density at radius 2 is 1.74 bits per heavy atom. The van der Waals surface area contributed by atoms with E-state index in [-0.39, 0.29) is 0 Å². The van der Waals surface area contributed by atoms with Crippen LogP contribution in [0.4, 0.5) is 0 Å². The summed E-state index contributed by atoms with van der Waals surface area (Å²) in [6, 6.07) is 15.2. The van der Waals surface area contributed by atoms with Gasteiger partial charge in [-0.05, 0) is 5.56 Å². The maximum atomic E-state index is 6.12. The maximum Gasteiger partial charge on any atom is 0.136 e. The van der Waals surface area contributed by atoms with E-state index in [1.54, 1.807) is 32.4 Å². The maximum absolute atomic E-state index is 6.12. The van der Waals surface area contributed by atoms with Crippen LogP contribution in [0.3, 0.4) is 0 Å². The van der Waals surface area contributed by atoms with Gasteiger partial charge in [-0.3, -0.25) is 0 Å². The van der Waals surface area contributed by atoms with Gasteiger partial charge in [-0.15, -0.1) is 0 Å². The molecule has 0 unspecified atom stereocenters. The predicted octanol–water partition coefficient (Wildman–Crippen LogP) is 4.48. The summed E-state index contributed by atoms with van der Waals surface area (Å²) in [6.07, 6.45) is 0. The Balaban J connectivity index is 2.04. The van der Waals surface area contributed by atoms with Gasteiger partial charge in [0.2, 0.25) is 0 Å². The molecule has 0 aliphatic heterocycles. The normalized spacial score (nSPS) is 10.6. The number of ether oxygens (including phenoxy) is 3. The van der Waals surface area contributed by atoms with Crippen molar-refractivity contribution < 1.29 is 14.2 Å². The molecular formula is C18H16ClNO3. The fourth-order valence-electron chi connectivity index (χ4n) is 2.37. The van der Waals surface area contributed by atoms with Crippen molar-refractivity contribution in [3.8, 4) is 17.2 Å². The summed E-state index contributed by atoms with van der Waals surface area (Å²) in [7, 11) is 3.20. The average Bonchev–Trinajstić information content (AvgIpc) is 2.59. The monoisotopic (exact) mass is 329 g/mol. The summed E-state index contributed by atoms with van der Waals surface area (Å²) in [6.45, 7) is 0.436. The molecule has 0 amide bonds. The van der Waals surface area contributed by atoms with E-state index in [4.69, 9.17) is 25.8 Å². The third-order valence-electron chi connectivity index (χ3n) is 3.47. The Morgan fingerprint density at radius 3 is 2.43 bits per heavy atom. The van der Waals surface area contributed by atoms with Crippen LogP contribution in [0.5, 0.6) is 17.2 Å². The van der Waals surface area contributed by atoms with Gasteiger partial charge in [-0.1, -0.05) is 41.9 Å². The van der Waals surface area contributed by atoms with Gasteiger partial charge >= 0.3 is 0 Å². The molecule has 0 radical (unpaired) electrons. The number of hydrogen-bond acceptors (Lipinski definition) is 4. The lowest BCUT2D eigenvalue weighted by molar-refractivity contribution is 0.308. The Bertz CT molecular complexity index is 821. The first kappa shape index (κ1) is 15.4. The summed E-state index contributed by atoms with van der Waals surface area (Å²) in [5.41, 5.74) is 1.73. The fourth-order valence-corrected chi connectivity index (χ4v) is 2.56. The topological polar surface area (TPSA) is 40.6 Å². The Hall–Kier alpha value is -2.46. The van der Waals surface area contributed by atoms with Crippen molar-refractivity contribution in [2.45, 2.75) is 6.61 Å². The van der Waals surface area contributed by atoms with Gasteiger partial charge in [-0.25, -0.2) is 4.98 Å². The van der Waals surface area contributed by atoms with Crippen molar-refractivity contribution in [2.75, 3.05) is 14.2 Å². The van der Waals surface area contributed by atoms with Gasteiger partial charge in [0.1, 0.15) is 29.0 Å². The Kier molecular flexibility index (Phi) is 4.53. The van der Waals surface area contributed by atoms with E-state index in [0.29, 0.717) is 34.5 Å². The largest absolute Gasteiger partial charge is 0.497 e. The van der Waals surface area contributed by atoms with Crippen LogP contribution in [-0.2, 0) is 6.61 Å². The van der Waals surface area contributed by atoms with Crippen LogP contribution in [0.25, 0.3) is 10.9 Å². The third-order valence-corrected chi connectivity index (χ3v) is 3.67. The highest BCUT2D eigenvalue weighted by molar-refractivity contribution is 6.30. The Labute approximate surface area is 139 Å². The number of methoxy groups -OCH3 is 2. The van der Waals surface area contributed by atoms with Crippen molar-refractivity contribution in [1.82, 2.24) is 4.98 Å². The molecule has 3 rings (SSSR count). The van der Waals surface area contributed by atoms with Gasteiger partial charge in [0.25, 0.3) is 0 Å². The second-order valence-electron chi connectivity index (χ2n) is 4.94. The highest BCUT2D eigenvalue weighted by Gasteiger charge is 2.14. The lowest BCUT2D eigenvalue weighted by Gasteiger charge is -2.14. The van der Waals surface area contributed by atoms with E-state index in [1.165, 1.54) is 0 Å². The van der Waals surface area contributed by atoms with Gasteiger partial charge in [0, 0.05) is 18.2 Å². The minimum atomic E-state index is 0.357. The average molecular weight is 330 g/mol. The zero-order valence-electron chi connectivity index (χ0n) is 12.9. The zero-order chi connectivity index (χ0) is 16.2. The number of benzene rings is 2. The highest BCUT2D eigenvalue weighted by Crippen LogP contribution is 2.38. The molecule has 1 heterocycles. The molecule has 118 valence electrons. The molecule has 2 aromatic carbocycles. The summed E-state index contributed by atoms with van der Waals surface area (Å²) >= 11 is 6.12. The molecule has 0 fully saturated rings. The molecule has 0 aliphatic carbocycles. The second-order valence-corrected chi connectivity index (χ2v) is 5.33. The standard InChI is InChI=1S/C18H16ClNO3/c1-21-13-8-14-18(15(9-13)22-2)16(10-17(19)20-14)23-11-12-6-4-3-5-7-12/h3-10H,11H2,1-2H3. The second kappa shape index (κ2) is 6.75. The number of pyridine rings is 1. The van der Waals surface area contributed by atoms with Crippen LogP contribution in [0.1, 0.15) is 5.56 Å². The first-order chi connectivity index (χ1) is 11.2. The number of hydrogen-bond donors (Lipinski definition) is 0. The summed E-state index contributed by atoms with van der Waals surface area (Å²) in [5, 5.41) is 1.13. The quantitative estimate of drug-likeness (QED) is 0.647. The van der Waals surface area contributed by atoms with Gasteiger partial charge < -0.3 is 14.2 Å². The van der Waals surface area contributed by atoms with Crippen molar-refractivity contribution in [1.29, 1.82) is 0 Å². The lowest BCUT2D eigenvalue weighted by atomic mass is 10.1. The number of rotatable bonds is 5. The molecule has 1 aromatic heterocycles. The zero-order valence-corrected chi connectivity index (χ0v) is 13.6. The molecule has 23 heavy (non-hydrogen) atoms. The molecular weight excluding hydrogens is 314 g/mol. The molecule has 0 bridgehead atoms. The van der Waals surface area contributed by atoms with E-state index in [1.807, 2.05) is 30.3 Å². The number of fused-ring (bicyclic) bond motifs is 1. The SMILES string of the molecule is COc1cc(OC)c2c(OCc3ccccc3)cc(Cl)nc2c1. The molecule has 4 nitrogen and oxygen atoms in total. The summed E-state index contributed by atoms with van der Waals surface area (Å²) < 4.78 is 16.7. The van der Waals surface area contributed by atoms with E-state index in [2.05, 4.69) is 4.98 Å². The molecule has 0 saturated heterocycles. The first-order valence-corrected chi connectivity index (χ1v) is 7.48. The van der Waals surface area contributed by atoms with E-state index in [0.717, 1.165) is 10.9 Å². The first-order valence-electron chi connectivity index (χ1n) is 7.10. The number of halogens is 1. The smallest absolute Gasteiger partial charge is 0.136 e. The van der Waals surface area contributed by atoms with Crippen LogP contribution in [-0.4, -0.2) is 19.2 Å². The van der Waals surface area contributed by atoms with Crippen LogP contribution >= 0.6 is 11.6 Å². The third kappa shape index (κ3) is 3.32. The van der Waals surface area contributed by atoms with E-state index < -0.39 is 0 Å². The molecule has 0 spiro atoms. The van der Waals surface area contributed by atoms with Crippen LogP contribution in [0.2, 0.25) is 5.15 Å². The molecule has 0 atom stereocenters. The lowest BCUT2D eigenvalue weighted by Crippen LogP contribution is -1.98. The van der Waals surface area contributed by atoms with Crippen LogP contribution in [0.15, 0.2) is 48.5 Å². The van der Waals surface area contributed by atoms with E-state index >= 15 is 0 Å². The van der Waals surface area contributed by atoms with Gasteiger partial charge in [0.15, 0.2) is 0 Å². The highest BCUT2D eigenvalue weighted by atomic mass is 35.5. The molecule has 3 aromatic rings. The minimum absolute atomic E-state index is 0.357. The summed E-state index contributed by atoms with van der Waals surface area (Å²) in [4.78, 5) is 4.33. The number of nitrogens with zero attached hydrogens (tertiary/aromatic N) is 1. The number of aromatic nitrogens is 1. The van der Waals surface area contributed by atoms with Gasteiger partial charge in [-0.2, -0.15) is 0 Å². The van der Waals surface area contributed by atoms with Crippen molar-refractivity contribution in [2.24, 2.45) is 0 Å². The molecule has 5 heteroatoms. The minimum Gasteiger partial charge on any atom is -0.497 e. The van der Waals surface area contributed by atoms with E-state index in [9.17, 15) is 0 Å².